The van der Waals surface area contributed by atoms with E-state index >= 15 is 0 Å². The van der Waals surface area contributed by atoms with Gasteiger partial charge in [-0.1, -0.05) is 39.7 Å². The van der Waals surface area contributed by atoms with Crippen LogP contribution in [-0.4, -0.2) is 17.1 Å². The second-order valence-corrected chi connectivity index (χ2v) is 6.24. The first-order valence-corrected chi connectivity index (χ1v) is 7.85. The number of aryl methyl sites for hydroxylation is 1. The van der Waals surface area contributed by atoms with Gasteiger partial charge in [-0.3, -0.25) is 4.98 Å². The Morgan fingerprint density at radius 3 is 2.74 bits per heavy atom. The Morgan fingerprint density at radius 2 is 2.11 bits per heavy atom. The van der Waals surface area contributed by atoms with E-state index in [2.05, 4.69) is 43.2 Å². The van der Waals surface area contributed by atoms with E-state index in [-0.39, 0.29) is 5.54 Å². The molecule has 106 valence electrons. The van der Waals surface area contributed by atoms with Crippen LogP contribution in [0.4, 0.5) is 0 Å². The van der Waals surface area contributed by atoms with Crippen LogP contribution in [0.2, 0.25) is 0 Å². The Morgan fingerprint density at radius 1 is 1.26 bits per heavy atom. The maximum Gasteiger partial charge on any atom is 0.0422 e. The molecule has 2 heterocycles. The van der Waals surface area contributed by atoms with Crippen LogP contribution in [-0.2, 0) is 12.8 Å². The molecule has 0 saturated carbocycles. The minimum atomic E-state index is 0.247. The summed E-state index contributed by atoms with van der Waals surface area (Å²) in [4.78, 5) is 4.66. The third-order valence-electron chi connectivity index (χ3n) is 4.67. The SMILES string of the molecule is CCc1ccc(CC2(C(C)C)CCCCCN2)nc1. The van der Waals surface area contributed by atoms with Crippen molar-refractivity contribution in [3.8, 4) is 0 Å². The van der Waals surface area contributed by atoms with Gasteiger partial charge in [0, 0.05) is 23.9 Å². The Labute approximate surface area is 118 Å². The molecule has 0 bridgehead atoms. The van der Waals surface area contributed by atoms with Crippen molar-refractivity contribution in [1.82, 2.24) is 10.3 Å². The van der Waals surface area contributed by atoms with Crippen LogP contribution >= 0.6 is 0 Å². The van der Waals surface area contributed by atoms with E-state index in [1.54, 1.807) is 0 Å². The average Bonchev–Trinajstić information content (AvgIpc) is 2.66. The van der Waals surface area contributed by atoms with Gasteiger partial charge in [0.05, 0.1) is 0 Å². The summed E-state index contributed by atoms with van der Waals surface area (Å²) in [6.07, 6.45) is 9.48. The molecule has 1 aromatic heterocycles. The number of rotatable bonds is 4. The van der Waals surface area contributed by atoms with Crippen LogP contribution in [0.3, 0.4) is 0 Å². The lowest BCUT2D eigenvalue weighted by atomic mass is 9.78. The molecule has 1 saturated heterocycles. The Kier molecular flexibility index (Phi) is 4.98. The Bertz CT molecular complexity index is 373. The topological polar surface area (TPSA) is 24.9 Å². The fourth-order valence-electron chi connectivity index (χ4n) is 3.11. The van der Waals surface area contributed by atoms with Crippen LogP contribution in [0.25, 0.3) is 0 Å². The molecule has 1 atom stereocenters. The summed E-state index contributed by atoms with van der Waals surface area (Å²) in [7, 11) is 0. The largest absolute Gasteiger partial charge is 0.311 e. The lowest BCUT2D eigenvalue weighted by Crippen LogP contribution is -2.51. The zero-order valence-electron chi connectivity index (χ0n) is 12.7. The zero-order valence-corrected chi connectivity index (χ0v) is 12.7. The van der Waals surface area contributed by atoms with Crippen LogP contribution < -0.4 is 5.32 Å². The van der Waals surface area contributed by atoms with Crippen LogP contribution in [0.1, 0.15) is 57.7 Å². The summed E-state index contributed by atoms with van der Waals surface area (Å²) >= 11 is 0. The Balaban J connectivity index is 2.14. The first kappa shape index (κ1) is 14.5. The van der Waals surface area contributed by atoms with Gasteiger partial charge in [0.15, 0.2) is 0 Å². The highest BCUT2D eigenvalue weighted by Crippen LogP contribution is 2.30. The van der Waals surface area contributed by atoms with Gasteiger partial charge in [-0.15, -0.1) is 0 Å². The second-order valence-electron chi connectivity index (χ2n) is 6.24. The summed E-state index contributed by atoms with van der Waals surface area (Å²) in [5.41, 5.74) is 2.81. The number of nitrogens with one attached hydrogen (secondary N) is 1. The highest BCUT2D eigenvalue weighted by atomic mass is 15.0. The highest BCUT2D eigenvalue weighted by Gasteiger charge is 2.34. The van der Waals surface area contributed by atoms with E-state index in [1.807, 2.05) is 6.20 Å². The average molecular weight is 260 g/mol. The van der Waals surface area contributed by atoms with Crippen LogP contribution in [0.15, 0.2) is 18.3 Å². The molecule has 2 rings (SSSR count). The fourth-order valence-corrected chi connectivity index (χ4v) is 3.11. The highest BCUT2D eigenvalue weighted by molar-refractivity contribution is 5.16. The molecule has 2 nitrogen and oxygen atoms in total. The lowest BCUT2D eigenvalue weighted by Gasteiger charge is -2.38. The van der Waals surface area contributed by atoms with Crippen molar-refractivity contribution in [2.75, 3.05) is 6.54 Å². The molecule has 0 aliphatic carbocycles. The molecule has 1 aliphatic rings. The van der Waals surface area contributed by atoms with Crippen LogP contribution in [0, 0.1) is 5.92 Å². The molecule has 0 spiro atoms. The van der Waals surface area contributed by atoms with Gasteiger partial charge in [0.1, 0.15) is 0 Å². The molecule has 1 aromatic rings. The number of pyridine rings is 1. The number of nitrogens with zero attached hydrogens (tertiary/aromatic N) is 1. The van der Waals surface area contributed by atoms with Crippen molar-refractivity contribution in [2.24, 2.45) is 5.92 Å². The molecule has 1 fully saturated rings. The van der Waals surface area contributed by atoms with Gasteiger partial charge in [-0.2, -0.15) is 0 Å². The van der Waals surface area contributed by atoms with E-state index in [9.17, 15) is 0 Å². The second kappa shape index (κ2) is 6.51. The van der Waals surface area contributed by atoms with E-state index < -0.39 is 0 Å². The molecule has 0 radical (unpaired) electrons. The number of hydrogen-bond acceptors (Lipinski definition) is 2. The first-order chi connectivity index (χ1) is 9.16. The summed E-state index contributed by atoms with van der Waals surface area (Å²) in [6.45, 7) is 8.03. The molecule has 0 amide bonds. The van der Waals surface area contributed by atoms with E-state index in [4.69, 9.17) is 0 Å². The van der Waals surface area contributed by atoms with Gasteiger partial charge < -0.3 is 5.32 Å². The molecule has 1 aliphatic heterocycles. The van der Waals surface area contributed by atoms with Gasteiger partial charge in [-0.25, -0.2) is 0 Å². The quantitative estimate of drug-likeness (QED) is 0.892. The van der Waals surface area contributed by atoms with Crippen LogP contribution in [0.5, 0.6) is 0 Å². The van der Waals surface area contributed by atoms with Crippen molar-refractivity contribution in [2.45, 2.75) is 64.8 Å². The van der Waals surface area contributed by atoms with E-state index in [1.165, 1.54) is 36.9 Å². The third-order valence-corrected chi connectivity index (χ3v) is 4.67. The maximum absolute atomic E-state index is 4.66. The van der Waals surface area contributed by atoms with Gasteiger partial charge >= 0.3 is 0 Å². The standard InChI is InChI=1S/C17H28N2/c1-4-15-8-9-16(18-13-15)12-17(14(2)3)10-6-5-7-11-19-17/h8-9,13-14,19H,4-7,10-12H2,1-3H3. The number of hydrogen-bond donors (Lipinski definition) is 1. The summed E-state index contributed by atoms with van der Waals surface area (Å²) in [5, 5.41) is 3.83. The normalized spacial score (nSPS) is 24.4. The minimum absolute atomic E-state index is 0.247. The smallest absolute Gasteiger partial charge is 0.0422 e. The van der Waals surface area contributed by atoms with Crippen molar-refractivity contribution in [1.29, 1.82) is 0 Å². The summed E-state index contributed by atoms with van der Waals surface area (Å²) in [6, 6.07) is 4.45. The Hall–Kier alpha value is -0.890. The monoisotopic (exact) mass is 260 g/mol. The van der Waals surface area contributed by atoms with Crippen molar-refractivity contribution in [3.05, 3.63) is 29.6 Å². The molecule has 2 heteroatoms. The fraction of sp³-hybridized carbons (Fsp3) is 0.706. The third kappa shape index (κ3) is 3.56. The molecule has 1 unspecified atom stereocenters. The van der Waals surface area contributed by atoms with Crippen molar-refractivity contribution >= 4 is 0 Å². The predicted molar refractivity (Wildman–Crippen MR) is 81.4 cm³/mol. The molecule has 0 aromatic carbocycles. The zero-order chi connectivity index (χ0) is 13.7. The first-order valence-electron chi connectivity index (χ1n) is 7.85. The van der Waals surface area contributed by atoms with E-state index in [0.717, 1.165) is 19.4 Å². The summed E-state index contributed by atoms with van der Waals surface area (Å²) < 4.78 is 0. The predicted octanol–water partition coefficient (Wildman–Crippen LogP) is 3.74. The molecular formula is C17H28N2. The van der Waals surface area contributed by atoms with E-state index in [0.29, 0.717) is 5.92 Å². The van der Waals surface area contributed by atoms with Crippen molar-refractivity contribution < 1.29 is 0 Å². The van der Waals surface area contributed by atoms with Crippen molar-refractivity contribution in [3.63, 3.8) is 0 Å². The van der Waals surface area contributed by atoms with Gasteiger partial charge in [0.2, 0.25) is 0 Å². The molecule has 1 N–H and O–H groups in total. The number of aromatic nitrogens is 1. The molecular weight excluding hydrogens is 232 g/mol. The molecule has 19 heavy (non-hydrogen) atoms. The van der Waals surface area contributed by atoms with Gasteiger partial charge in [-0.05, 0) is 43.4 Å². The minimum Gasteiger partial charge on any atom is -0.311 e. The maximum atomic E-state index is 4.66. The summed E-state index contributed by atoms with van der Waals surface area (Å²) in [5.74, 6) is 0.651. The lowest BCUT2D eigenvalue weighted by molar-refractivity contribution is 0.224. The van der Waals surface area contributed by atoms with Gasteiger partial charge in [0.25, 0.3) is 0 Å².